The smallest absolute Gasteiger partial charge is 0.261 e. The third-order valence-electron chi connectivity index (χ3n) is 2.56. The van der Waals surface area contributed by atoms with Gasteiger partial charge < -0.3 is 0 Å². The van der Waals surface area contributed by atoms with Gasteiger partial charge in [-0.15, -0.1) is 0 Å². The minimum absolute atomic E-state index is 0.196. The molecule has 0 atom stereocenters. The van der Waals surface area contributed by atoms with E-state index >= 15 is 0 Å². The van der Waals surface area contributed by atoms with E-state index in [0.717, 1.165) is 5.57 Å². The summed E-state index contributed by atoms with van der Waals surface area (Å²) in [5.74, 6) is -0.392. The van der Waals surface area contributed by atoms with Crippen molar-refractivity contribution in [1.29, 1.82) is 0 Å². The van der Waals surface area contributed by atoms with Gasteiger partial charge in [-0.1, -0.05) is 23.8 Å². The molecule has 0 aromatic heterocycles. The molecule has 1 aromatic carbocycles. The summed E-state index contributed by atoms with van der Waals surface area (Å²) in [7, 11) is 0. The summed E-state index contributed by atoms with van der Waals surface area (Å²) in [6, 6.07) is 6.93. The molecule has 1 aromatic rings. The van der Waals surface area contributed by atoms with E-state index in [0.29, 0.717) is 17.7 Å². The summed E-state index contributed by atoms with van der Waals surface area (Å²) in [5.41, 5.74) is 2.11. The van der Waals surface area contributed by atoms with Crippen LogP contribution in [0.1, 0.15) is 34.6 Å². The van der Waals surface area contributed by atoms with Gasteiger partial charge in [-0.25, -0.2) is 0 Å². The first-order chi connectivity index (χ1) is 7.61. The summed E-state index contributed by atoms with van der Waals surface area (Å²) >= 11 is 0. The first-order valence-corrected chi connectivity index (χ1v) is 5.20. The molecule has 0 unspecified atom stereocenters. The normalized spacial score (nSPS) is 14.0. The Morgan fingerprint density at radius 2 is 1.62 bits per heavy atom. The number of imide groups is 1. The molecule has 1 aliphatic heterocycles. The van der Waals surface area contributed by atoms with Crippen LogP contribution in [0.15, 0.2) is 35.9 Å². The van der Waals surface area contributed by atoms with Crippen molar-refractivity contribution in [2.75, 3.05) is 6.54 Å². The predicted octanol–water partition coefficient (Wildman–Crippen LogP) is 2.25. The lowest BCUT2D eigenvalue weighted by molar-refractivity contribution is 0.0672. The average Bonchev–Trinajstić information content (AvgIpc) is 2.50. The van der Waals surface area contributed by atoms with Crippen LogP contribution in [0, 0.1) is 0 Å². The van der Waals surface area contributed by atoms with Crippen LogP contribution in [0.2, 0.25) is 0 Å². The van der Waals surface area contributed by atoms with E-state index in [-0.39, 0.29) is 11.8 Å². The number of amides is 2. The number of allylic oxidation sites excluding steroid dienone is 1. The van der Waals surface area contributed by atoms with E-state index < -0.39 is 0 Å². The lowest BCUT2D eigenvalue weighted by Crippen LogP contribution is -2.29. The molecule has 16 heavy (non-hydrogen) atoms. The van der Waals surface area contributed by atoms with Gasteiger partial charge in [-0.05, 0) is 26.0 Å². The predicted molar refractivity (Wildman–Crippen MR) is 61.2 cm³/mol. The van der Waals surface area contributed by atoms with Crippen molar-refractivity contribution >= 4 is 11.8 Å². The van der Waals surface area contributed by atoms with Crippen molar-refractivity contribution in [2.24, 2.45) is 0 Å². The Bertz CT molecular complexity index is 449. The van der Waals surface area contributed by atoms with Crippen LogP contribution in [0.4, 0.5) is 0 Å². The van der Waals surface area contributed by atoms with Gasteiger partial charge in [-0.3, -0.25) is 14.5 Å². The second-order valence-corrected chi connectivity index (χ2v) is 4.05. The van der Waals surface area contributed by atoms with E-state index in [9.17, 15) is 9.59 Å². The molecule has 82 valence electrons. The van der Waals surface area contributed by atoms with Gasteiger partial charge in [-0.2, -0.15) is 0 Å². The molecule has 2 rings (SSSR count). The van der Waals surface area contributed by atoms with Gasteiger partial charge in [0.1, 0.15) is 0 Å². The van der Waals surface area contributed by atoms with Crippen LogP contribution >= 0.6 is 0 Å². The zero-order valence-corrected chi connectivity index (χ0v) is 9.36. The summed E-state index contributed by atoms with van der Waals surface area (Å²) in [5, 5.41) is 0. The Morgan fingerprint density at radius 1 is 1.12 bits per heavy atom. The number of benzene rings is 1. The van der Waals surface area contributed by atoms with Crippen molar-refractivity contribution < 1.29 is 9.59 Å². The zero-order valence-electron chi connectivity index (χ0n) is 9.36. The Labute approximate surface area is 94.4 Å². The standard InChI is InChI=1S/C13H13NO2/c1-9(2)7-8-14-12(15)10-5-3-4-6-11(10)13(14)16/h3-7H,8H2,1-2H3. The minimum atomic E-state index is -0.196. The number of carbonyl (C=O) groups excluding carboxylic acids is 2. The Morgan fingerprint density at radius 3 is 2.06 bits per heavy atom. The number of rotatable bonds is 2. The molecule has 3 nitrogen and oxygen atoms in total. The van der Waals surface area contributed by atoms with Crippen molar-refractivity contribution in [3.05, 3.63) is 47.0 Å². The number of hydrogen-bond donors (Lipinski definition) is 0. The fourth-order valence-electron chi connectivity index (χ4n) is 1.68. The first-order valence-electron chi connectivity index (χ1n) is 5.20. The van der Waals surface area contributed by atoms with E-state index in [2.05, 4.69) is 0 Å². The number of nitrogens with zero attached hydrogens (tertiary/aromatic N) is 1. The second kappa shape index (κ2) is 3.93. The minimum Gasteiger partial charge on any atom is -0.270 e. The molecule has 2 amide bonds. The highest BCUT2D eigenvalue weighted by atomic mass is 16.2. The van der Waals surface area contributed by atoms with Crippen LogP contribution in [0.3, 0.4) is 0 Å². The highest BCUT2D eigenvalue weighted by Crippen LogP contribution is 2.22. The molecule has 0 N–H and O–H groups in total. The van der Waals surface area contributed by atoms with Crippen molar-refractivity contribution in [3.63, 3.8) is 0 Å². The Kier molecular flexibility index (Phi) is 2.60. The topological polar surface area (TPSA) is 37.4 Å². The van der Waals surface area contributed by atoms with E-state index in [4.69, 9.17) is 0 Å². The lowest BCUT2D eigenvalue weighted by Gasteiger charge is -2.10. The highest BCUT2D eigenvalue weighted by molar-refractivity contribution is 6.21. The van der Waals surface area contributed by atoms with E-state index in [1.165, 1.54) is 4.90 Å². The molecule has 1 heterocycles. The van der Waals surface area contributed by atoms with Gasteiger partial charge in [0.2, 0.25) is 0 Å². The first kappa shape index (κ1) is 10.6. The molecule has 3 heteroatoms. The molecule has 1 aliphatic rings. The fraction of sp³-hybridized carbons (Fsp3) is 0.231. The Balaban J connectivity index is 2.32. The largest absolute Gasteiger partial charge is 0.270 e. The Hall–Kier alpha value is -1.90. The summed E-state index contributed by atoms with van der Waals surface area (Å²) in [6.07, 6.45) is 1.88. The molecule has 0 bridgehead atoms. The quantitative estimate of drug-likeness (QED) is 0.560. The molecule has 0 aliphatic carbocycles. The maximum Gasteiger partial charge on any atom is 0.261 e. The molecule has 0 saturated carbocycles. The maximum atomic E-state index is 11.9. The van der Waals surface area contributed by atoms with Crippen LogP contribution in [0.25, 0.3) is 0 Å². The number of hydrogen-bond acceptors (Lipinski definition) is 2. The van der Waals surface area contributed by atoms with E-state index in [1.807, 2.05) is 19.9 Å². The number of carbonyl (C=O) groups is 2. The van der Waals surface area contributed by atoms with Gasteiger partial charge in [0.25, 0.3) is 11.8 Å². The van der Waals surface area contributed by atoms with Gasteiger partial charge in [0.15, 0.2) is 0 Å². The SMILES string of the molecule is CC(C)=CCN1C(=O)c2ccccc2C1=O. The lowest BCUT2D eigenvalue weighted by atomic mass is 10.1. The van der Waals surface area contributed by atoms with Crippen LogP contribution in [-0.2, 0) is 0 Å². The van der Waals surface area contributed by atoms with Crippen LogP contribution in [-0.4, -0.2) is 23.3 Å². The summed E-state index contributed by atoms with van der Waals surface area (Å²) < 4.78 is 0. The monoisotopic (exact) mass is 215 g/mol. The van der Waals surface area contributed by atoms with Crippen molar-refractivity contribution in [1.82, 2.24) is 4.90 Å². The molecule has 0 fully saturated rings. The zero-order chi connectivity index (χ0) is 11.7. The molecule has 0 saturated heterocycles. The van der Waals surface area contributed by atoms with E-state index in [1.54, 1.807) is 24.3 Å². The highest BCUT2D eigenvalue weighted by Gasteiger charge is 2.33. The van der Waals surface area contributed by atoms with Gasteiger partial charge in [0, 0.05) is 6.54 Å². The summed E-state index contributed by atoms with van der Waals surface area (Å²) in [4.78, 5) is 25.1. The number of fused-ring (bicyclic) bond motifs is 1. The third kappa shape index (κ3) is 1.65. The van der Waals surface area contributed by atoms with Gasteiger partial charge >= 0.3 is 0 Å². The van der Waals surface area contributed by atoms with Crippen molar-refractivity contribution in [3.8, 4) is 0 Å². The van der Waals surface area contributed by atoms with Crippen LogP contribution < -0.4 is 0 Å². The summed E-state index contributed by atoms with van der Waals surface area (Å²) in [6.45, 7) is 4.24. The third-order valence-corrected chi connectivity index (χ3v) is 2.56. The fourth-order valence-corrected chi connectivity index (χ4v) is 1.68. The maximum absolute atomic E-state index is 11.9. The van der Waals surface area contributed by atoms with Gasteiger partial charge in [0.05, 0.1) is 11.1 Å². The van der Waals surface area contributed by atoms with Crippen molar-refractivity contribution in [2.45, 2.75) is 13.8 Å². The molecule has 0 spiro atoms. The second-order valence-electron chi connectivity index (χ2n) is 4.05. The molecular formula is C13H13NO2. The van der Waals surface area contributed by atoms with Crippen LogP contribution in [0.5, 0.6) is 0 Å². The molecular weight excluding hydrogens is 202 g/mol. The average molecular weight is 215 g/mol. The molecule has 0 radical (unpaired) electrons.